The summed E-state index contributed by atoms with van der Waals surface area (Å²) in [5.74, 6) is 0.000127. The van der Waals surface area contributed by atoms with Crippen molar-refractivity contribution in [1.29, 1.82) is 0 Å². The summed E-state index contributed by atoms with van der Waals surface area (Å²) in [6.45, 7) is 0. The van der Waals surface area contributed by atoms with Crippen LogP contribution >= 0.6 is 0 Å². The Bertz CT molecular complexity index is 506. The first-order chi connectivity index (χ1) is 9.67. The number of fused-ring (bicyclic) bond motifs is 2. The van der Waals surface area contributed by atoms with E-state index in [2.05, 4.69) is 10.6 Å². The van der Waals surface area contributed by atoms with E-state index in [0.717, 1.165) is 12.8 Å². The summed E-state index contributed by atoms with van der Waals surface area (Å²) in [5, 5.41) is 16.6. The third-order valence-corrected chi connectivity index (χ3v) is 4.27. The first-order valence-corrected chi connectivity index (χ1v) is 7.10. The van der Waals surface area contributed by atoms with E-state index in [1.54, 1.807) is 18.2 Å². The number of methoxy groups -OCH3 is 1. The maximum absolute atomic E-state index is 12.3. The van der Waals surface area contributed by atoms with Crippen molar-refractivity contribution in [2.75, 3.05) is 7.11 Å². The number of hydrogen-bond acceptors (Lipinski definition) is 4. The standard InChI is InChI=1S/C15H20N2O3/c1-20-13-4-2-3-12(14(13)18)15(19)17-11-7-9-5-6-10(8-11)16-9/h2-4,9-11,16,18H,5-8H2,1H3,(H,17,19). The van der Waals surface area contributed by atoms with Gasteiger partial charge in [0.1, 0.15) is 0 Å². The second kappa shape index (κ2) is 5.32. The van der Waals surface area contributed by atoms with Crippen LogP contribution in [0.1, 0.15) is 36.0 Å². The number of para-hydroxylation sites is 1. The molecule has 2 fully saturated rings. The van der Waals surface area contributed by atoms with Crippen molar-refractivity contribution in [3.8, 4) is 11.5 Å². The van der Waals surface area contributed by atoms with Gasteiger partial charge >= 0.3 is 0 Å². The number of amides is 1. The molecule has 1 aromatic carbocycles. The van der Waals surface area contributed by atoms with Crippen LogP contribution in [0.25, 0.3) is 0 Å². The number of carbonyl (C=O) groups is 1. The maximum atomic E-state index is 12.3. The number of phenols is 1. The van der Waals surface area contributed by atoms with Crippen LogP contribution in [0.15, 0.2) is 18.2 Å². The fraction of sp³-hybridized carbons (Fsp3) is 0.533. The van der Waals surface area contributed by atoms with Gasteiger partial charge in [-0.3, -0.25) is 4.79 Å². The Balaban J connectivity index is 1.70. The highest BCUT2D eigenvalue weighted by molar-refractivity contribution is 5.97. The van der Waals surface area contributed by atoms with Crippen molar-refractivity contribution < 1.29 is 14.6 Å². The SMILES string of the molecule is COc1cccc(C(=O)NC2CC3CCC(C2)N3)c1O. The molecule has 2 heterocycles. The van der Waals surface area contributed by atoms with E-state index in [4.69, 9.17) is 4.74 Å². The number of rotatable bonds is 3. The van der Waals surface area contributed by atoms with E-state index in [1.807, 2.05) is 0 Å². The molecule has 0 spiro atoms. The second-order valence-electron chi connectivity index (χ2n) is 5.64. The molecular formula is C15H20N2O3. The third kappa shape index (κ3) is 2.45. The Labute approximate surface area is 118 Å². The van der Waals surface area contributed by atoms with Gasteiger partial charge in [0.2, 0.25) is 0 Å². The van der Waals surface area contributed by atoms with Gasteiger partial charge in [0.15, 0.2) is 11.5 Å². The number of carbonyl (C=O) groups excluding carboxylic acids is 1. The van der Waals surface area contributed by atoms with Crippen molar-refractivity contribution >= 4 is 5.91 Å². The molecule has 2 bridgehead atoms. The van der Waals surface area contributed by atoms with Gasteiger partial charge in [-0.2, -0.15) is 0 Å². The highest BCUT2D eigenvalue weighted by Crippen LogP contribution is 2.30. The van der Waals surface area contributed by atoms with Crippen LogP contribution in [-0.2, 0) is 0 Å². The highest BCUT2D eigenvalue weighted by Gasteiger charge is 2.34. The molecule has 108 valence electrons. The predicted octanol–water partition coefficient (Wildman–Crippen LogP) is 1.41. The summed E-state index contributed by atoms with van der Waals surface area (Å²) in [6.07, 6.45) is 4.32. The van der Waals surface area contributed by atoms with Crippen LogP contribution in [0.5, 0.6) is 11.5 Å². The minimum absolute atomic E-state index is 0.0931. The molecule has 0 radical (unpaired) electrons. The van der Waals surface area contributed by atoms with E-state index in [9.17, 15) is 9.90 Å². The van der Waals surface area contributed by atoms with E-state index in [1.165, 1.54) is 20.0 Å². The lowest BCUT2D eigenvalue weighted by Gasteiger charge is -2.29. The zero-order chi connectivity index (χ0) is 14.1. The molecule has 20 heavy (non-hydrogen) atoms. The topological polar surface area (TPSA) is 70.6 Å². The molecule has 1 amide bonds. The normalized spacial score (nSPS) is 28.1. The first kappa shape index (κ1) is 13.2. The zero-order valence-corrected chi connectivity index (χ0v) is 11.6. The molecule has 0 aromatic heterocycles. The minimum Gasteiger partial charge on any atom is -0.504 e. The summed E-state index contributed by atoms with van der Waals surface area (Å²) in [6, 6.07) is 6.20. The molecular weight excluding hydrogens is 256 g/mol. The first-order valence-electron chi connectivity index (χ1n) is 7.10. The molecule has 2 saturated heterocycles. The summed E-state index contributed by atoms with van der Waals surface area (Å²) in [5.41, 5.74) is 0.273. The van der Waals surface area contributed by atoms with Crippen molar-refractivity contribution in [1.82, 2.24) is 10.6 Å². The predicted molar refractivity (Wildman–Crippen MR) is 75.1 cm³/mol. The molecule has 5 heteroatoms. The molecule has 5 nitrogen and oxygen atoms in total. The van der Waals surface area contributed by atoms with Crippen molar-refractivity contribution in [2.45, 2.75) is 43.8 Å². The van der Waals surface area contributed by atoms with Gasteiger partial charge in [0, 0.05) is 18.1 Å². The molecule has 0 aliphatic carbocycles. The molecule has 2 unspecified atom stereocenters. The van der Waals surface area contributed by atoms with E-state index in [-0.39, 0.29) is 23.3 Å². The Morgan fingerprint density at radius 3 is 2.70 bits per heavy atom. The van der Waals surface area contributed by atoms with Crippen molar-refractivity contribution in [3.05, 3.63) is 23.8 Å². The van der Waals surface area contributed by atoms with Crippen LogP contribution < -0.4 is 15.4 Å². The lowest BCUT2D eigenvalue weighted by molar-refractivity contribution is 0.0920. The van der Waals surface area contributed by atoms with Gasteiger partial charge in [-0.05, 0) is 37.8 Å². The Morgan fingerprint density at radius 2 is 2.05 bits per heavy atom. The molecule has 1 aromatic rings. The summed E-state index contributed by atoms with van der Waals surface area (Å²) in [4.78, 5) is 12.3. The summed E-state index contributed by atoms with van der Waals surface area (Å²) < 4.78 is 5.03. The lowest BCUT2D eigenvalue weighted by atomic mass is 9.99. The van der Waals surface area contributed by atoms with Gasteiger partial charge in [0.05, 0.1) is 12.7 Å². The van der Waals surface area contributed by atoms with Gasteiger partial charge in [-0.25, -0.2) is 0 Å². The number of phenolic OH excluding ortho intramolecular Hbond substituents is 1. The molecule has 2 aliphatic rings. The average molecular weight is 276 g/mol. The highest BCUT2D eigenvalue weighted by atomic mass is 16.5. The van der Waals surface area contributed by atoms with Crippen LogP contribution in [-0.4, -0.2) is 36.2 Å². The fourth-order valence-electron chi connectivity index (χ4n) is 3.31. The minimum atomic E-state index is -0.229. The largest absolute Gasteiger partial charge is 0.504 e. The van der Waals surface area contributed by atoms with E-state index < -0.39 is 0 Å². The number of benzene rings is 1. The molecule has 2 aliphatic heterocycles. The monoisotopic (exact) mass is 276 g/mol. The van der Waals surface area contributed by atoms with Crippen LogP contribution in [0.4, 0.5) is 0 Å². The quantitative estimate of drug-likeness (QED) is 0.780. The van der Waals surface area contributed by atoms with Crippen LogP contribution in [0, 0.1) is 0 Å². The zero-order valence-electron chi connectivity index (χ0n) is 11.6. The molecule has 3 N–H and O–H groups in total. The summed E-state index contributed by atoms with van der Waals surface area (Å²) >= 11 is 0. The Kier molecular flexibility index (Phi) is 3.53. The van der Waals surface area contributed by atoms with Crippen LogP contribution in [0.2, 0.25) is 0 Å². The van der Waals surface area contributed by atoms with Gasteiger partial charge < -0.3 is 20.5 Å². The molecule has 0 saturated carbocycles. The Hall–Kier alpha value is -1.75. The fourth-order valence-corrected chi connectivity index (χ4v) is 3.31. The van der Waals surface area contributed by atoms with Crippen molar-refractivity contribution in [3.63, 3.8) is 0 Å². The van der Waals surface area contributed by atoms with Gasteiger partial charge in [-0.15, -0.1) is 0 Å². The number of piperidine rings is 1. The number of ether oxygens (including phenoxy) is 1. The molecule has 2 atom stereocenters. The Morgan fingerprint density at radius 1 is 1.35 bits per heavy atom. The average Bonchev–Trinajstić information content (AvgIpc) is 2.78. The number of aromatic hydroxyl groups is 1. The van der Waals surface area contributed by atoms with Gasteiger partial charge in [0.25, 0.3) is 5.91 Å². The number of hydrogen-bond donors (Lipinski definition) is 3. The second-order valence-corrected chi connectivity index (χ2v) is 5.64. The van der Waals surface area contributed by atoms with Gasteiger partial charge in [-0.1, -0.05) is 6.07 Å². The third-order valence-electron chi connectivity index (χ3n) is 4.27. The molecule has 3 rings (SSSR count). The van der Waals surface area contributed by atoms with Crippen LogP contribution in [0.3, 0.4) is 0 Å². The van der Waals surface area contributed by atoms with Crippen molar-refractivity contribution in [2.24, 2.45) is 0 Å². The van der Waals surface area contributed by atoms with E-state index in [0.29, 0.717) is 17.8 Å². The number of nitrogens with one attached hydrogen (secondary N) is 2. The smallest absolute Gasteiger partial charge is 0.255 e. The lowest BCUT2D eigenvalue weighted by Crippen LogP contribution is -2.48. The maximum Gasteiger partial charge on any atom is 0.255 e. The summed E-state index contributed by atoms with van der Waals surface area (Å²) in [7, 11) is 1.47. The van der Waals surface area contributed by atoms with E-state index >= 15 is 0 Å².